The number of aromatic nitrogens is 2. The van der Waals surface area contributed by atoms with Gasteiger partial charge in [-0.2, -0.15) is 0 Å². The fourth-order valence-electron chi connectivity index (χ4n) is 2.58. The van der Waals surface area contributed by atoms with Crippen LogP contribution < -0.4 is 10.6 Å². The van der Waals surface area contributed by atoms with E-state index in [1.54, 1.807) is 30.3 Å². The molecule has 0 atom stereocenters. The van der Waals surface area contributed by atoms with Crippen LogP contribution in [-0.4, -0.2) is 29.0 Å². The van der Waals surface area contributed by atoms with Crippen LogP contribution in [0.15, 0.2) is 54.9 Å². The van der Waals surface area contributed by atoms with Crippen molar-refractivity contribution in [2.45, 2.75) is 13.8 Å². The minimum absolute atomic E-state index is 0.222. The van der Waals surface area contributed by atoms with Crippen molar-refractivity contribution in [3.8, 4) is 0 Å². The number of methoxy groups -OCH3 is 1. The number of hydrogen-bond acceptors (Lipinski definition) is 6. The zero-order valence-electron chi connectivity index (χ0n) is 15.8. The van der Waals surface area contributed by atoms with Gasteiger partial charge in [0.2, 0.25) is 0 Å². The SMILES string of the molecule is COC(=O)c1ccc(NC(=O)c2cc(Nc3cccc(C)c3C)ncn2)cc1. The predicted molar refractivity (Wildman–Crippen MR) is 107 cm³/mol. The molecule has 28 heavy (non-hydrogen) atoms. The molecule has 0 radical (unpaired) electrons. The van der Waals surface area contributed by atoms with Crippen molar-refractivity contribution in [1.82, 2.24) is 9.97 Å². The zero-order chi connectivity index (χ0) is 20.1. The monoisotopic (exact) mass is 376 g/mol. The van der Waals surface area contributed by atoms with Crippen LogP contribution in [0.2, 0.25) is 0 Å². The third-order valence-electron chi connectivity index (χ3n) is 4.33. The lowest BCUT2D eigenvalue weighted by atomic mass is 10.1. The Hall–Kier alpha value is -3.74. The Morgan fingerprint density at radius 1 is 1.00 bits per heavy atom. The van der Waals surface area contributed by atoms with Gasteiger partial charge in [-0.05, 0) is 55.3 Å². The Bertz CT molecular complexity index is 1020. The molecule has 2 aromatic carbocycles. The molecule has 0 unspecified atom stereocenters. The van der Waals surface area contributed by atoms with Crippen molar-refractivity contribution < 1.29 is 14.3 Å². The van der Waals surface area contributed by atoms with Gasteiger partial charge in [0.1, 0.15) is 17.8 Å². The Morgan fingerprint density at radius 2 is 1.75 bits per heavy atom. The van der Waals surface area contributed by atoms with Gasteiger partial charge in [0.05, 0.1) is 12.7 Å². The van der Waals surface area contributed by atoms with Gasteiger partial charge in [-0.25, -0.2) is 14.8 Å². The van der Waals surface area contributed by atoms with Crippen LogP contribution in [0.25, 0.3) is 0 Å². The van der Waals surface area contributed by atoms with Crippen LogP contribution in [0.5, 0.6) is 0 Å². The lowest BCUT2D eigenvalue weighted by Crippen LogP contribution is -2.14. The molecule has 7 nitrogen and oxygen atoms in total. The van der Waals surface area contributed by atoms with Gasteiger partial charge in [0.25, 0.3) is 5.91 Å². The number of aryl methyl sites for hydroxylation is 1. The highest BCUT2D eigenvalue weighted by molar-refractivity contribution is 6.03. The number of amides is 1. The second-order valence-corrected chi connectivity index (χ2v) is 6.18. The highest BCUT2D eigenvalue weighted by Gasteiger charge is 2.11. The number of nitrogens with zero attached hydrogens (tertiary/aromatic N) is 2. The molecule has 142 valence electrons. The number of benzene rings is 2. The maximum Gasteiger partial charge on any atom is 0.337 e. The number of rotatable bonds is 5. The minimum Gasteiger partial charge on any atom is -0.465 e. The molecule has 0 bridgehead atoms. The summed E-state index contributed by atoms with van der Waals surface area (Å²) >= 11 is 0. The third kappa shape index (κ3) is 4.32. The van der Waals surface area contributed by atoms with Gasteiger partial charge in [0, 0.05) is 17.4 Å². The summed E-state index contributed by atoms with van der Waals surface area (Å²) in [5.41, 5.74) is 4.36. The summed E-state index contributed by atoms with van der Waals surface area (Å²) < 4.78 is 4.65. The van der Waals surface area contributed by atoms with E-state index in [1.807, 2.05) is 32.0 Å². The van der Waals surface area contributed by atoms with E-state index in [0.29, 0.717) is 17.1 Å². The molecule has 7 heteroatoms. The number of hydrogen-bond donors (Lipinski definition) is 2. The number of carbonyl (C=O) groups excluding carboxylic acids is 2. The van der Waals surface area contributed by atoms with Crippen molar-refractivity contribution in [3.63, 3.8) is 0 Å². The number of anilines is 3. The van der Waals surface area contributed by atoms with E-state index in [2.05, 4.69) is 25.3 Å². The molecule has 0 aliphatic carbocycles. The maximum absolute atomic E-state index is 12.5. The summed E-state index contributed by atoms with van der Waals surface area (Å²) in [5, 5.41) is 5.96. The first-order chi connectivity index (χ1) is 13.5. The van der Waals surface area contributed by atoms with Crippen LogP contribution >= 0.6 is 0 Å². The fourth-order valence-corrected chi connectivity index (χ4v) is 2.58. The predicted octanol–water partition coefficient (Wildman–Crippen LogP) is 3.88. The van der Waals surface area contributed by atoms with Crippen molar-refractivity contribution in [3.05, 3.63) is 77.2 Å². The van der Waals surface area contributed by atoms with Crippen LogP contribution in [0, 0.1) is 13.8 Å². The van der Waals surface area contributed by atoms with Crippen LogP contribution in [0.4, 0.5) is 17.2 Å². The Morgan fingerprint density at radius 3 is 2.46 bits per heavy atom. The summed E-state index contributed by atoms with van der Waals surface area (Å²) in [7, 11) is 1.32. The van der Waals surface area contributed by atoms with Crippen molar-refractivity contribution in [2.24, 2.45) is 0 Å². The molecule has 0 saturated carbocycles. The minimum atomic E-state index is -0.434. The van der Waals surface area contributed by atoms with Gasteiger partial charge in [-0.1, -0.05) is 12.1 Å². The second-order valence-electron chi connectivity index (χ2n) is 6.18. The number of ether oxygens (including phenoxy) is 1. The Balaban J connectivity index is 1.73. The van der Waals surface area contributed by atoms with Gasteiger partial charge in [0.15, 0.2) is 0 Å². The van der Waals surface area contributed by atoms with Crippen LogP contribution in [0.1, 0.15) is 32.0 Å². The molecule has 0 saturated heterocycles. The molecular weight excluding hydrogens is 356 g/mol. The number of esters is 1. The fraction of sp³-hybridized carbons (Fsp3) is 0.143. The van der Waals surface area contributed by atoms with E-state index in [9.17, 15) is 9.59 Å². The quantitative estimate of drug-likeness (QED) is 0.657. The molecule has 1 aromatic heterocycles. The first-order valence-electron chi connectivity index (χ1n) is 8.63. The van der Waals surface area contributed by atoms with Crippen molar-refractivity contribution >= 4 is 29.1 Å². The average molecular weight is 376 g/mol. The molecule has 3 rings (SSSR count). The maximum atomic E-state index is 12.5. The topological polar surface area (TPSA) is 93.2 Å². The standard InChI is InChI=1S/C21H20N4O3/c1-13-5-4-6-17(14(13)2)25-19-11-18(22-12-23-19)20(26)24-16-9-7-15(8-10-16)21(27)28-3/h4-12H,1-3H3,(H,24,26)(H,22,23,25). The smallest absolute Gasteiger partial charge is 0.337 e. The largest absolute Gasteiger partial charge is 0.465 e. The molecule has 3 aromatic rings. The summed E-state index contributed by atoms with van der Waals surface area (Å²) in [5.74, 6) is -0.289. The molecule has 2 N–H and O–H groups in total. The second kappa shape index (κ2) is 8.30. The van der Waals surface area contributed by atoms with Crippen molar-refractivity contribution in [1.29, 1.82) is 0 Å². The summed E-state index contributed by atoms with van der Waals surface area (Å²) in [6.07, 6.45) is 1.34. The summed E-state index contributed by atoms with van der Waals surface area (Å²) in [6.45, 7) is 4.05. The first kappa shape index (κ1) is 19.0. The van der Waals surface area contributed by atoms with Crippen molar-refractivity contribution in [2.75, 3.05) is 17.7 Å². The molecule has 0 aliphatic rings. The van der Waals surface area contributed by atoms with E-state index < -0.39 is 5.97 Å². The normalized spacial score (nSPS) is 10.2. The highest BCUT2D eigenvalue weighted by Crippen LogP contribution is 2.22. The van der Waals surface area contributed by atoms with E-state index in [0.717, 1.165) is 16.8 Å². The summed E-state index contributed by atoms with van der Waals surface area (Å²) in [4.78, 5) is 32.2. The average Bonchev–Trinajstić information content (AvgIpc) is 2.71. The number of nitrogens with one attached hydrogen (secondary N) is 2. The van der Waals surface area contributed by atoms with E-state index >= 15 is 0 Å². The number of carbonyl (C=O) groups is 2. The summed E-state index contributed by atoms with van der Waals surface area (Å²) in [6, 6.07) is 13.9. The van der Waals surface area contributed by atoms with Crippen LogP contribution in [-0.2, 0) is 4.74 Å². The highest BCUT2D eigenvalue weighted by atomic mass is 16.5. The molecule has 0 fully saturated rings. The van der Waals surface area contributed by atoms with E-state index in [-0.39, 0.29) is 11.6 Å². The Labute approximate surface area is 162 Å². The Kier molecular flexibility index (Phi) is 5.64. The van der Waals surface area contributed by atoms with Gasteiger partial charge >= 0.3 is 5.97 Å². The molecular formula is C21H20N4O3. The van der Waals surface area contributed by atoms with Gasteiger partial charge in [-0.3, -0.25) is 4.79 Å². The first-order valence-corrected chi connectivity index (χ1v) is 8.63. The van der Waals surface area contributed by atoms with Crippen LogP contribution in [0.3, 0.4) is 0 Å². The molecule has 0 spiro atoms. The van der Waals surface area contributed by atoms with Gasteiger partial charge in [-0.15, -0.1) is 0 Å². The lowest BCUT2D eigenvalue weighted by molar-refractivity contribution is 0.0600. The van der Waals surface area contributed by atoms with Gasteiger partial charge < -0.3 is 15.4 Å². The molecule has 0 aliphatic heterocycles. The molecule has 1 amide bonds. The third-order valence-corrected chi connectivity index (χ3v) is 4.33. The zero-order valence-corrected chi connectivity index (χ0v) is 15.8. The van der Waals surface area contributed by atoms with E-state index in [4.69, 9.17) is 0 Å². The van der Waals surface area contributed by atoms with E-state index in [1.165, 1.54) is 13.4 Å². The lowest BCUT2D eigenvalue weighted by Gasteiger charge is -2.11. The molecule has 1 heterocycles.